The largest absolute Gasteiger partial charge is 0.481 e. The Kier molecular flexibility index (Phi) is 5.09. The Bertz CT molecular complexity index is 769. The van der Waals surface area contributed by atoms with Crippen molar-refractivity contribution in [2.24, 2.45) is 10.9 Å². The molecule has 2 aromatic rings. The van der Waals surface area contributed by atoms with Crippen LogP contribution in [0.4, 0.5) is 5.69 Å². The van der Waals surface area contributed by atoms with Gasteiger partial charge in [-0.3, -0.25) is 9.59 Å². The van der Waals surface area contributed by atoms with Gasteiger partial charge in [0.25, 0.3) is 0 Å². The number of carboxylic acids is 1. The Morgan fingerprint density at radius 1 is 1.17 bits per heavy atom. The van der Waals surface area contributed by atoms with E-state index in [0.717, 1.165) is 0 Å². The van der Waals surface area contributed by atoms with Gasteiger partial charge in [-0.1, -0.05) is 30.3 Å². The zero-order valence-electron chi connectivity index (χ0n) is 12.4. The third kappa shape index (κ3) is 3.94. The summed E-state index contributed by atoms with van der Waals surface area (Å²) in [4.78, 5) is 23.3. The predicted octanol–water partition coefficient (Wildman–Crippen LogP) is 1.81. The summed E-state index contributed by atoms with van der Waals surface area (Å²) < 4.78 is 0. The molecule has 118 valence electrons. The molecule has 0 saturated carbocycles. The van der Waals surface area contributed by atoms with E-state index < -0.39 is 5.97 Å². The number of para-hydroxylation sites is 1. The van der Waals surface area contributed by atoms with Crippen molar-refractivity contribution in [1.29, 1.82) is 0 Å². The minimum absolute atomic E-state index is 0.0374. The smallest absolute Gasteiger partial charge is 0.303 e. The molecule has 0 fully saturated rings. The number of nitrogen functional groups attached to an aromatic ring is 1. The number of ketones is 1. The molecule has 6 heteroatoms. The first kappa shape index (κ1) is 16.2. The maximum absolute atomic E-state index is 12.6. The fourth-order valence-electron chi connectivity index (χ4n) is 2.27. The van der Waals surface area contributed by atoms with Crippen LogP contribution < -0.4 is 11.6 Å². The van der Waals surface area contributed by atoms with Gasteiger partial charge in [0.05, 0.1) is 6.21 Å². The van der Waals surface area contributed by atoms with Crippen LogP contribution in [0.3, 0.4) is 0 Å². The van der Waals surface area contributed by atoms with Gasteiger partial charge in [0.15, 0.2) is 5.78 Å². The molecule has 5 N–H and O–H groups in total. The number of hydrogen-bond acceptors (Lipinski definition) is 5. The molecule has 0 unspecified atom stereocenters. The van der Waals surface area contributed by atoms with Gasteiger partial charge in [-0.2, -0.15) is 5.10 Å². The van der Waals surface area contributed by atoms with Gasteiger partial charge in [0.1, 0.15) is 0 Å². The van der Waals surface area contributed by atoms with Crippen molar-refractivity contribution >= 4 is 23.7 Å². The number of aryl methyl sites for hydroxylation is 1. The second kappa shape index (κ2) is 7.22. The van der Waals surface area contributed by atoms with Gasteiger partial charge >= 0.3 is 5.97 Å². The van der Waals surface area contributed by atoms with Gasteiger partial charge in [0.2, 0.25) is 0 Å². The minimum atomic E-state index is -0.907. The zero-order valence-corrected chi connectivity index (χ0v) is 12.4. The molecule has 0 aliphatic rings. The summed E-state index contributed by atoms with van der Waals surface area (Å²) in [5.74, 6) is 3.98. The van der Waals surface area contributed by atoms with E-state index in [4.69, 9.17) is 16.7 Å². The van der Waals surface area contributed by atoms with Crippen LogP contribution in [0, 0.1) is 0 Å². The zero-order chi connectivity index (χ0) is 16.8. The van der Waals surface area contributed by atoms with Crippen molar-refractivity contribution in [3.8, 4) is 0 Å². The van der Waals surface area contributed by atoms with Crippen molar-refractivity contribution < 1.29 is 14.7 Å². The predicted molar refractivity (Wildman–Crippen MR) is 88.5 cm³/mol. The molecule has 0 atom stereocenters. The molecule has 2 aromatic carbocycles. The molecule has 0 aromatic heterocycles. The standard InChI is InChI=1S/C17H17N3O3/c18-16-12(7-8-15(21)22)4-2-6-14(16)17(23)13-5-1-3-11(9-13)10-20-19/h1-6,9-10H,7-8,18-19H2,(H,21,22). The van der Waals surface area contributed by atoms with E-state index >= 15 is 0 Å². The average Bonchev–Trinajstić information content (AvgIpc) is 2.54. The second-order valence-electron chi connectivity index (χ2n) is 5.00. The number of carbonyl (C=O) groups excluding carboxylic acids is 1. The summed E-state index contributed by atoms with van der Waals surface area (Å²) >= 11 is 0. The number of carboxylic acid groups (broad SMARTS) is 1. The molecule has 6 nitrogen and oxygen atoms in total. The van der Waals surface area contributed by atoms with E-state index in [9.17, 15) is 9.59 Å². The number of nitrogens with two attached hydrogens (primary N) is 2. The summed E-state index contributed by atoms with van der Waals surface area (Å²) in [7, 11) is 0. The molecule has 0 saturated heterocycles. The number of hydrogen-bond donors (Lipinski definition) is 3. The number of benzene rings is 2. The van der Waals surface area contributed by atoms with Crippen molar-refractivity contribution in [2.45, 2.75) is 12.8 Å². The quantitative estimate of drug-likeness (QED) is 0.247. The topological polar surface area (TPSA) is 119 Å². The van der Waals surface area contributed by atoms with E-state index in [0.29, 0.717) is 27.9 Å². The molecule has 23 heavy (non-hydrogen) atoms. The summed E-state index contributed by atoms with van der Waals surface area (Å²) in [6.07, 6.45) is 1.69. The molecule has 0 spiro atoms. The van der Waals surface area contributed by atoms with Crippen molar-refractivity contribution in [3.05, 3.63) is 64.7 Å². The number of carbonyl (C=O) groups is 2. The van der Waals surface area contributed by atoms with Gasteiger partial charge < -0.3 is 16.7 Å². The maximum Gasteiger partial charge on any atom is 0.303 e. The Balaban J connectivity index is 2.34. The van der Waals surface area contributed by atoms with E-state index in [-0.39, 0.29) is 18.6 Å². The lowest BCUT2D eigenvalue weighted by molar-refractivity contribution is -0.136. The summed E-state index contributed by atoms with van der Waals surface area (Å²) in [6, 6.07) is 11.9. The first-order chi connectivity index (χ1) is 11.0. The monoisotopic (exact) mass is 311 g/mol. The molecule has 0 bridgehead atoms. The van der Waals surface area contributed by atoms with E-state index in [1.807, 2.05) is 0 Å². The van der Waals surface area contributed by atoms with Crippen LogP contribution in [0.2, 0.25) is 0 Å². The summed E-state index contributed by atoms with van der Waals surface area (Å²) in [5.41, 5.74) is 8.54. The van der Waals surface area contributed by atoms with Crippen LogP contribution in [-0.2, 0) is 11.2 Å². The lowest BCUT2D eigenvalue weighted by Crippen LogP contribution is -2.09. The number of nitrogens with zero attached hydrogens (tertiary/aromatic N) is 1. The van der Waals surface area contributed by atoms with Gasteiger partial charge in [-0.05, 0) is 29.7 Å². The maximum atomic E-state index is 12.6. The van der Waals surface area contributed by atoms with E-state index in [2.05, 4.69) is 5.10 Å². The molecule has 2 rings (SSSR count). The van der Waals surface area contributed by atoms with E-state index in [1.165, 1.54) is 6.21 Å². The molecule has 0 aliphatic heterocycles. The molecule has 0 amide bonds. The Morgan fingerprint density at radius 2 is 1.91 bits per heavy atom. The second-order valence-corrected chi connectivity index (χ2v) is 5.00. The fourth-order valence-corrected chi connectivity index (χ4v) is 2.27. The number of aliphatic carboxylic acids is 1. The van der Waals surface area contributed by atoms with Crippen LogP contribution in [-0.4, -0.2) is 23.1 Å². The number of anilines is 1. The molecule has 0 aliphatic carbocycles. The molecule has 0 radical (unpaired) electrons. The van der Waals surface area contributed by atoms with Gasteiger partial charge in [0, 0.05) is 23.2 Å². The van der Waals surface area contributed by atoms with E-state index in [1.54, 1.807) is 42.5 Å². The molecular formula is C17H17N3O3. The lowest BCUT2D eigenvalue weighted by atomic mass is 9.96. The third-order valence-corrected chi connectivity index (χ3v) is 3.42. The lowest BCUT2D eigenvalue weighted by Gasteiger charge is -2.10. The van der Waals surface area contributed by atoms with Crippen LogP contribution in [0.5, 0.6) is 0 Å². The van der Waals surface area contributed by atoms with Crippen LogP contribution in [0.1, 0.15) is 33.5 Å². The minimum Gasteiger partial charge on any atom is -0.481 e. The Labute approximate surface area is 133 Å². The number of rotatable bonds is 6. The highest BCUT2D eigenvalue weighted by Crippen LogP contribution is 2.22. The van der Waals surface area contributed by atoms with Gasteiger partial charge in [-0.25, -0.2) is 0 Å². The fraction of sp³-hybridized carbons (Fsp3) is 0.118. The van der Waals surface area contributed by atoms with Crippen LogP contribution in [0.25, 0.3) is 0 Å². The highest BCUT2D eigenvalue weighted by molar-refractivity contribution is 6.12. The van der Waals surface area contributed by atoms with Crippen LogP contribution >= 0.6 is 0 Å². The SMILES string of the molecule is NN=Cc1cccc(C(=O)c2cccc(CCC(=O)O)c2N)c1. The highest BCUT2D eigenvalue weighted by Gasteiger charge is 2.15. The Hall–Kier alpha value is -3.15. The average molecular weight is 311 g/mol. The summed E-state index contributed by atoms with van der Waals surface area (Å²) in [5, 5.41) is 12.2. The summed E-state index contributed by atoms with van der Waals surface area (Å²) in [6.45, 7) is 0. The normalized spacial score (nSPS) is 10.8. The number of hydrazone groups is 1. The first-order valence-electron chi connectivity index (χ1n) is 7.00. The van der Waals surface area contributed by atoms with Crippen LogP contribution in [0.15, 0.2) is 47.6 Å². The molecule has 0 heterocycles. The molecular weight excluding hydrogens is 294 g/mol. The highest BCUT2D eigenvalue weighted by atomic mass is 16.4. The van der Waals surface area contributed by atoms with Crippen molar-refractivity contribution in [3.63, 3.8) is 0 Å². The van der Waals surface area contributed by atoms with Crippen molar-refractivity contribution in [2.75, 3.05) is 5.73 Å². The first-order valence-corrected chi connectivity index (χ1v) is 7.00. The third-order valence-electron chi connectivity index (χ3n) is 3.42. The van der Waals surface area contributed by atoms with Gasteiger partial charge in [-0.15, -0.1) is 0 Å². The van der Waals surface area contributed by atoms with Crippen molar-refractivity contribution in [1.82, 2.24) is 0 Å². The Morgan fingerprint density at radius 3 is 2.61 bits per heavy atom.